The molecule has 4 heteroatoms. The van der Waals surface area contributed by atoms with Gasteiger partial charge >= 0.3 is 0 Å². The number of aryl methyl sites for hydroxylation is 2. The van der Waals surface area contributed by atoms with Crippen molar-refractivity contribution in [1.29, 1.82) is 5.26 Å². The molecular formula is C21H19N3O. The van der Waals surface area contributed by atoms with Crippen LogP contribution in [-0.4, -0.2) is 10.5 Å². The maximum absolute atomic E-state index is 12.4. The zero-order chi connectivity index (χ0) is 17.8. The highest BCUT2D eigenvalue weighted by molar-refractivity contribution is 6.04. The minimum absolute atomic E-state index is 0.152. The molecular weight excluding hydrogens is 310 g/mol. The van der Waals surface area contributed by atoms with Crippen LogP contribution in [0, 0.1) is 25.2 Å². The number of carbonyl (C=O) groups is 1. The Kier molecular flexibility index (Phi) is 4.67. The van der Waals surface area contributed by atoms with E-state index in [0.717, 1.165) is 22.6 Å². The number of aromatic nitrogens is 1. The molecule has 2 aromatic carbocycles. The lowest BCUT2D eigenvalue weighted by Crippen LogP contribution is -2.12. The van der Waals surface area contributed by atoms with Gasteiger partial charge in [-0.1, -0.05) is 12.1 Å². The number of hydrogen-bond acceptors (Lipinski definition) is 2. The Labute approximate surface area is 147 Å². The second-order valence-electron chi connectivity index (χ2n) is 5.98. The number of rotatable bonds is 4. The summed E-state index contributed by atoms with van der Waals surface area (Å²) in [5.41, 5.74) is 5.61. The van der Waals surface area contributed by atoms with Gasteiger partial charge in [-0.05, 0) is 67.9 Å². The predicted molar refractivity (Wildman–Crippen MR) is 99.0 cm³/mol. The van der Waals surface area contributed by atoms with Crippen LogP contribution in [0.3, 0.4) is 0 Å². The van der Waals surface area contributed by atoms with Gasteiger partial charge in [0.25, 0.3) is 5.91 Å². The quantitative estimate of drug-likeness (QED) is 0.770. The van der Waals surface area contributed by atoms with Gasteiger partial charge in [-0.2, -0.15) is 5.26 Å². The third-order valence-corrected chi connectivity index (χ3v) is 4.15. The van der Waals surface area contributed by atoms with Gasteiger partial charge in [-0.25, -0.2) is 0 Å². The largest absolute Gasteiger partial charge is 0.322 e. The first-order valence-corrected chi connectivity index (χ1v) is 8.11. The van der Waals surface area contributed by atoms with Crippen molar-refractivity contribution in [3.8, 4) is 11.8 Å². The van der Waals surface area contributed by atoms with Crippen LogP contribution in [0.15, 0.2) is 60.7 Å². The fourth-order valence-electron chi connectivity index (χ4n) is 2.84. The molecule has 0 aliphatic rings. The molecule has 4 nitrogen and oxygen atoms in total. The van der Waals surface area contributed by atoms with Gasteiger partial charge in [0.2, 0.25) is 0 Å². The number of nitrogens with zero attached hydrogens (tertiary/aromatic N) is 2. The molecule has 0 radical (unpaired) electrons. The molecule has 1 N–H and O–H groups in total. The Morgan fingerprint density at radius 3 is 2.12 bits per heavy atom. The van der Waals surface area contributed by atoms with Crippen molar-refractivity contribution < 1.29 is 4.79 Å². The Balaban J connectivity index is 1.74. The Bertz CT molecular complexity index is 909. The van der Waals surface area contributed by atoms with Crippen molar-refractivity contribution in [1.82, 2.24) is 4.57 Å². The van der Waals surface area contributed by atoms with E-state index in [9.17, 15) is 4.79 Å². The van der Waals surface area contributed by atoms with E-state index in [1.807, 2.05) is 48.5 Å². The van der Waals surface area contributed by atoms with Crippen LogP contribution in [0.25, 0.3) is 5.69 Å². The average Bonchev–Trinajstić information content (AvgIpc) is 2.95. The van der Waals surface area contributed by atoms with Gasteiger partial charge < -0.3 is 9.88 Å². The van der Waals surface area contributed by atoms with E-state index in [0.29, 0.717) is 17.7 Å². The lowest BCUT2D eigenvalue weighted by atomic mass is 10.1. The zero-order valence-corrected chi connectivity index (χ0v) is 14.3. The first-order chi connectivity index (χ1) is 12.1. The van der Waals surface area contributed by atoms with Crippen LogP contribution in [-0.2, 0) is 6.42 Å². The van der Waals surface area contributed by atoms with Gasteiger partial charge in [0.05, 0.1) is 12.5 Å². The van der Waals surface area contributed by atoms with Crippen LogP contribution >= 0.6 is 0 Å². The first-order valence-electron chi connectivity index (χ1n) is 8.11. The van der Waals surface area contributed by atoms with Crippen LogP contribution in [0.5, 0.6) is 0 Å². The number of carbonyl (C=O) groups excluding carboxylic acids is 1. The molecule has 0 aliphatic heterocycles. The fourth-order valence-corrected chi connectivity index (χ4v) is 2.84. The fraction of sp³-hybridized carbons (Fsp3) is 0.143. The first kappa shape index (κ1) is 16.5. The molecule has 0 saturated heterocycles. The summed E-state index contributed by atoms with van der Waals surface area (Å²) in [5.74, 6) is -0.152. The van der Waals surface area contributed by atoms with Crippen molar-refractivity contribution in [3.05, 3.63) is 83.2 Å². The number of hydrogen-bond donors (Lipinski definition) is 1. The molecule has 0 aliphatic carbocycles. The molecule has 1 amide bonds. The number of benzene rings is 2. The summed E-state index contributed by atoms with van der Waals surface area (Å²) in [6, 6.07) is 21.1. The summed E-state index contributed by atoms with van der Waals surface area (Å²) in [7, 11) is 0. The van der Waals surface area contributed by atoms with E-state index < -0.39 is 0 Å². The summed E-state index contributed by atoms with van der Waals surface area (Å²) in [6.07, 6.45) is 0.369. The SMILES string of the molecule is Cc1ccc(C)n1-c1ccc(C(=O)Nc2ccc(CC#N)cc2)cc1. The van der Waals surface area contributed by atoms with Gasteiger partial charge in [-0.3, -0.25) is 4.79 Å². The molecule has 0 atom stereocenters. The lowest BCUT2D eigenvalue weighted by molar-refractivity contribution is 0.102. The standard InChI is InChI=1S/C21H19N3O/c1-15-3-4-16(2)24(15)20-11-7-18(8-12-20)21(25)23-19-9-5-17(6-10-19)13-14-22/h3-12H,13H2,1-2H3,(H,23,25). The van der Waals surface area contributed by atoms with Crippen molar-refractivity contribution in [2.45, 2.75) is 20.3 Å². The van der Waals surface area contributed by atoms with Gasteiger partial charge in [0.1, 0.15) is 0 Å². The second-order valence-corrected chi connectivity index (χ2v) is 5.98. The van der Waals surface area contributed by atoms with E-state index in [2.05, 4.69) is 41.9 Å². The highest BCUT2D eigenvalue weighted by Gasteiger charge is 2.08. The number of anilines is 1. The van der Waals surface area contributed by atoms with Gasteiger partial charge in [0.15, 0.2) is 0 Å². The number of amides is 1. The second kappa shape index (κ2) is 7.06. The molecule has 1 aromatic heterocycles. The topological polar surface area (TPSA) is 57.8 Å². The van der Waals surface area contributed by atoms with E-state index in [1.165, 1.54) is 0 Å². The van der Waals surface area contributed by atoms with E-state index in [4.69, 9.17) is 5.26 Å². The van der Waals surface area contributed by atoms with E-state index in [1.54, 1.807) is 0 Å². The number of nitrogens with one attached hydrogen (secondary N) is 1. The highest BCUT2D eigenvalue weighted by atomic mass is 16.1. The maximum Gasteiger partial charge on any atom is 0.255 e. The summed E-state index contributed by atoms with van der Waals surface area (Å²) in [6.45, 7) is 4.12. The summed E-state index contributed by atoms with van der Waals surface area (Å²) >= 11 is 0. The summed E-state index contributed by atoms with van der Waals surface area (Å²) < 4.78 is 2.15. The molecule has 0 unspecified atom stereocenters. The minimum Gasteiger partial charge on any atom is -0.322 e. The highest BCUT2D eigenvalue weighted by Crippen LogP contribution is 2.18. The summed E-state index contributed by atoms with van der Waals surface area (Å²) in [5, 5.41) is 11.6. The third kappa shape index (κ3) is 3.61. The van der Waals surface area contributed by atoms with Crippen LogP contribution in [0.4, 0.5) is 5.69 Å². The van der Waals surface area contributed by atoms with Crippen LogP contribution in [0.1, 0.15) is 27.3 Å². The Morgan fingerprint density at radius 2 is 1.56 bits per heavy atom. The maximum atomic E-state index is 12.4. The molecule has 0 spiro atoms. The molecule has 124 valence electrons. The monoisotopic (exact) mass is 329 g/mol. The molecule has 0 saturated carbocycles. The average molecular weight is 329 g/mol. The Morgan fingerprint density at radius 1 is 0.960 bits per heavy atom. The third-order valence-electron chi connectivity index (χ3n) is 4.15. The van der Waals surface area contributed by atoms with Gasteiger partial charge in [-0.15, -0.1) is 0 Å². The van der Waals surface area contributed by atoms with Crippen molar-refractivity contribution in [2.24, 2.45) is 0 Å². The van der Waals surface area contributed by atoms with E-state index in [-0.39, 0.29) is 5.91 Å². The lowest BCUT2D eigenvalue weighted by Gasteiger charge is -2.11. The smallest absolute Gasteiger partial charge is 0.255 e. The predicted octanol–water partition coefficient (Wildman–Crippen LogP) is 4.41. The normalized spacial score (nSPS) is 10.3. The van der Waals surface area contributed by atoms with Gasteiger partial charge in [0, 0.05) is 28.3 Å². The van der Waals surface area contributed by atoms with Crippen molar-refractivity contribution >= 4 is 11.6 Å². The molecule has 25 heavy (non-hydrogen) atoms. The zero-order valence-electron chi connectivity index (χ0n) is 14.3. The number of nitriles is 1. The van der Waals surface area contributed by atoms with Crippen LogP contribution in [0.2, 0.25) is 0 Å². The molecule has 3 rings (SSSR count). The van der Waals surface area contributed by atoms with E-state index >= 15 is 0 Å². The molecule has 1 heterocycles. The van der Waals surface area contributed by atoms with Crippen molar-refractivity contribution in [2.75, 3.05) is 5.32 Å². The minimum atomic E-state index is -0.152. The molecule has 0 fully saturated rings. The summed E-state index contributed by atoms with van der Waals surface area (Å²) in [4.78, 5) is 12.4. The molecule has 3 aromatic rings. The Hall–Kier alpha value is -3.32. The van der Waals surface area contributed by atoms with Crippen LogP contribution < -0.4 is 5.32 Å². The molecule has 0 bridgehead atoms. The van der Waals surface area contributed by atoms with Crippen molar-refractivity contribution in [3.63, 3.8) is 0 Å².